The number of hydrogen-bond acceptors (Lipinski definition) is 6. The Morgan fingerprint density at radius 2 is 1.89 bits per heavy atom. The third kappa shape index (κ3) is 2.95. The molecular weight excluding hydrogens is 236 g/mol. The van der Waals surface area contributed by atoms with Crippen LogP contribution < -0.4 is 9.47 Å². The van der Waals surface area contributed by atoms with E-state index in [1.165, 1.54) is 27.5 Å². The number of Topliss-reactive ketones (excluding diaryl/α,β-unsaturated/α-hetero) is 1. The normalized spacial score (nSPS) is 12.3. The molecule has 0 aliphatic carbocycles. The summed E-state index contributed by atoms with van der Waals surface area (Å²) in [6.07, 6.45) is 0.810. The van der Waals surface area contributed by atoms with Crippen molar-refractivity contribution in [3.05, 3.63) is 11.9 Å². The van der Waals surface area contributed by atoms with Crippen LogP contribution in [0.2, 0.25) is 0 Å². The van der Waals surface area contributed by atoms with Crippen molar-refractivity contribution in [2.45, 2.75) is 20.0 Å². The maximum atomic E-state index is 12.2. The lowest BCUT2D eigenvalue weighted by atomic mass is 10.0. The molecule has 0 aliphatic heterocycles. The minimum atomic E-state index is -0.568. The van der Waals surface area contributed by atoms with Crippen molar-refractivity contribution >= 4 is 5.78 Å². The average Bonchev–Trinajstić information content (AvgIpc) is 2.38. The summed E-state index contributed by atoms with van der Waals surface area (Å²) >= 11 is 0. The highest BCUT2D eigenvalue weighted by Gasteiger charge is 2.28. The second kappa shape index (κ2) is 6.30. The lowest BCUT2D eigenvalue weighted by Gasteiger charge is -2.18. The molecule has 0 bridgehead atoms. The van der Waals surface area contributed by atoms with Crippen molar-refractivity contribution < 1.29 is 19.0 Å². The van der Waals surface area contributed by atoms with Crippen LogP contribution in [0.25, 0.3) is 0 Å². The van der Waals surface area contributed by atoms with E-state index in [4.69, 9.17) is 14.2 Å². The fourth-order valence-electron chi connectivity index (χ4n) is 1.58. The SMILES string of the molecule is COc1cnc(C(=O)C(OC)C(C)C)c(OC)n1. The van der Waals surface area contributed by atoms with E-state index in [1.807, 2.05) is 13.8 Å². The van der Waals surface area contributed by atoms with Gasteiger partial charge in [-0.2, -0.15) is 4.98 Å². The zero-order chi connectivity index (χ0) is 13.7. The van der Waals surface area contributed by atoms with E-state index >= 15 is 0 Å². The monoisotopic (exact) mass is 254 g/mol. The van der Waals surface area contributed by atoms with Crippen LogP contribution >= 0.6 is 0 Å². The van der Waals surface area contributed by atoms with E-state index in [0.29, 0.717) is 5.88 Å². The van der Waals surface area contributed by atoms with Gasteiger partial charge in [0, 0.05) is 7.11 Å². The van der Waals surface area contributed by atoms with Crippen molar-refractivity contribution in [1.29, 1.82) is 0 Å². The van der Waals surface area contributed by atoms with Crippen molar-refractivity contribution in [1.82, 2.24) is 9.97 Å². The van der Waals surface area contributed by atoms with Gasteiger partial charge in [-0.15, -0.1) is 0 Å². The van der Waals surface area contributed by atoms with Gasteiger partial charge in [0.25, 0.3) is 0 Å². The maximum absolute atomic E-state index is 12.2. The fourth-order valence-corrected chi connectivity index (χ4v) is 1.58. The molecule has 0 aliphatic rings. The minimum Gasteiger partial charge on any atom is -0.480 e. The Kier molecular flexibility index (Phi) is 5.03. The topological polar surface area (TPSA) is 70.5 Å². The van der Waals surface area contributed by atoms with Crippen LogP contribution in [0, 0.1) is 5.92 Å². The summed E-state index contributed by atoms with van der Waals surface area (Å²) in [6.45, 7) is 3.80. The Morgan fingerprint density at radius 1 is 1.22 bits per heavy atom. The first kappa shape index (κ1) is 14.4. The van der Waals surface area contributed by atoms with Gasteiger partial charge in [-0.05, 0) is 5.92 Å². The van der Waals surface area contributed by atoms with Gasteiger partial charge in [0.05, 0.1) is 20.4 Å². The molecule has 0 saturated heterocycles. The molecule has 6 nitrogen and oxygen atoms in total. The molecule has 6 heteroatoms. The first-order valence-corrected chi connectivity index (χ1v) is 5.57. The lowest BCUT2D eigenvalue weighted by Crippen LogP contribution is -2.29. The summed E-state index contributed by atoms with van der Waals surface area (Å²) < 4.78 is 15.2. The molecule has 1 rings (SSSR count). The van der Waals surface area contributed by atoms with Crippen molar-refractivity contribution in [3.63, 3.8) is 0 Å². The smallest absolute Gasteiger partial charge is 0.246 e. The highest BCUT2D eigenvalue weighted by molar-refractivity contribution is 5.99. The number of aromatic nitrogens is 2. The Morgan fingerprint density at radius 3 is 2.33 bits per heavy atom. The van der Waals surface area contributed by atoms with Crippen LogP contribution in [0.5, 0.6) is 11.8 Å². The van der Waals surface area contributed by atoms with Gasteiger partial charge in [-0.1, -0.05) is 13.8 Å². The van der Waals surface area contributed by atoms with E-state index in [-0.39, 0.29) is 23.3 Å². The van der Waals surface area contributed by atoms with Gasteiger partial charge in [-0.3, -0.25) is 4.79 Å². The molecule has 0 saturated carbocycles. The maximum Gasteiger partial charge on any atom is 0.246 e. The third-order valence-electron chi connectivity index (χ3n) is 2.47. The highest BCUT2D eigenvalue weighted by atomic mass is 16.5. The first-order valence-electron chi connectivity index (χ1n) is 5.57. The van der Waals surface area contributed by atoms with E-state index in [2.05, 4.69) is 9.97 Å². The molecule has 1 heterocycles. The predicted octanol–water partition coefficient (Wildman–Crippen LogP) is 1.35. The highest BCUT2D eigenvalue weighted by Crippen LogP contribution is 2.21. The molecule has 0 spiro atoms. The second-order valence-corrected chi connectivity index (χ2v) is 4.03. The number of nitrogens with zero attached hydrogens (tertiary/aromatic N) is 2. The molecule has 0 aromatic carbocycles. The Balaban J connectivity index is 3.12. The van der Waals surface area contributed by atoms with E-state index in [1.54, 1.807) is 0 Å². The van der Waals surface area contributed by atoms with E-state index in [0.717, 1.165) is 0 Å². The standard InChI is InChI=1S/C12H18N2O4/c1-7(2)11(17-4)10(15)9-12(18-5)14-8(16-3)6-13-9/h6-7,11H,1-5H3. The molecule has 0 N–H and O–H groups in total. The van der Waals surface area contributed by atoms with Crippen LogP contribution in [-0.2, 0) is 4.74 Å². The molecule has 0 radical (unpaired) electrons. The van der Waals surface area contributed by atoms with Crippen LogP contribution in [0.15, 0.2) is 6.20 Å². The molecule has 1 aromatic heterocycles. The Hall–Kier alpha value is -1.69. The zero-order valence-corrected chi connectivity index (χ0v) is 11.3. The number of rotatable bonds is 6. The van der Waals surface area contributed by atoms with Gasteiger partial charge in [-0.25, -0.2) is 4.98 Å². The summed E-state index contributed by atoms with van der Waals surface area (Å²) in [7, 11) is 4.39. The number of ether oxygens (including phenoxy) is 3. The number of hydrogen-bond donors (Lipinski definition) is 0. The zero-order valence-electron chi connectivity index (χ0n) is 11.3. The van der Waals surface area contributed by atoms with Crippen molar-refractivity contribution in [2.24, 2.45) is 5.92 Å². The predicted molar refractivity (Wildman–Crippen MR) is 65.1 cm³/mol. The van der Waals surface area contributed by atoms with Gasteiger partial charge in [0.15, 0.2) is 5.69 Å². The average molecular weight is 254 g/mol. The summed E-state index contributed by atoms with van der Waals surface area (Å²) in [4.78, 5) is 20.3. The van der Waals surface area contributed by atoms with Gasteiger partial charge >= 0.3 is 0 Å². The Labute approximate surface area is 106 Å². The van der Waals surface area contributed by atoms with E-state index in [9.17, 15) is 4.79 Å². The van der Waals surface area contributed by atoms with Gasteiger partial charge < -0.3 is 14.2 Å². The number of carbonyl (C=O) groups is 1. The third-order valence-corrected chi connectivity index (χ3v) is 2.47. The summed E-state index contributed by atoms with van der Waals surface area (Å²) in [5, 5.41) is 0. The second-order valence-electron chi connectivity index (χ2n) is 4.03. The van der Waals surface area contributed by atoms with Gasteiger partial charge in [0.1, 0.15) is 6.10 Å². The molecule has 18 heavy (non-hydrogen) atoms. The first-order chi connectivity index (χ1) is 8.54. The molecule has 1 unspecified atom stereocenters. The number of methoxy groups -OCH3 is 3. The lowest BCUT2D eigenvalue weighted by molar-refractivity contribution is 0.0450. The summed E-state index contributed by atoms with van der Waals surface area (Å²) in [5.41, 5.74) is 0.152. The van der Waals surface area contributed by atoms with Crippen molar-refractivity contribution in [2.75, 3.05) is 21.3 Å². The van der Waals surface area contributed by atoms with Crippen molar-refractivity contribution in [3.8, 4) is 11.8 Å². The molecule has 0 amide bonds. The molecular formula is C12H18N2O4. The molecule has 100 valence electrons. The molecule has 1 aromatic rings. The van der Waals surface area contributed by atoms with Crippen LogP contribution in [0.3, 0.4) is 0 Å². The van der Waals surface area contributed by atoms with Crippen LogP contribution in [0.4, 0.5) is 0 Å². The van der Waals surface area contributed by atoms with Crippen LogP contribution in [-0.4, -0.2) is 43.2 Å². The summed E-state index contributed by atoms with van der Waals surface area (Å²) in [6, 6.07) is 0. The minimum absolute atomic E-state index is 0.0381. The quantitative estimate of drug-likeness (QED) is 0.714. The Bertz CT molecular complexity index is 421. The number of carbonyl (C=O) groups excluding carboxylic acids is 1. The number of ketones is 1. The molecule has 0 fully saturated rings. The van der Waals surface area contributed by atoms with Gasteiger partial charge in [0.2, 0.25) is 17.5 Å². The van der Waals surface area contributed by atoms with E-state index < -0.39 is 6.10 Å². The summed E-state index contributed by atoms with van der Waals surface area (Å²) in [5.74, 6) is 0.222. The molecule has 1 atom stereocenters. The van der Waals surface area contributed by atoms with Crippen LogP contribution in [0.1, 0.15) is 24.3 Å². The fraction of sp³-hybridized carbons (Fsp3) is 0.583. The largest absolute Gasteiger partial charge is 0.480 e.